The topological polar surface area (TPSA) is 40.6 Å². The van der Waals surface area contributed by atoms with Crippen molar-refractivity contribution in [2.75, 3.05) is 21.3 Å². The first-order valence-electron chi connectivity index (χ1n) is 5.11. The Balaban J connectivity index is 2.61. The van der Waals surface area contributed by atoms with Gasteiger partial charge in [0.25, 0.3) is 0 Å². The van der Waals surface area contributed by atoms with Gasteiger partial charge in [0.15, 0.2) is 15.4 Å². The maximum atomic E-state index is 5.42. The summed E-state index contributed by atoms with van der Waals surface area (Å²) in [6.45, 7) is 0. The van der Waals surface area contributed by atoms with Crippen LogP contribution in [0, 0.1) is 0 Å². The van der Waals surface area contributed by atoms with Crippen LogP contribution >= 0.6 is 27.3 Å². The molecule has 96 valence electrons. The first-order valence-corrected chi connectivity index (χ1v) is 6.79. The van der Waals surface area contributed by atoms with Crippen molar-refractivity contribution in [2.24, 2.45) is 0 Å². The van der Waals surface area contributed by atoms with E-state index in [0.29, 0.717) is 17.2 Å². The zero-order valence-electron chi connectivity index (χ0n) is 10.2. The molecule has 0 bridgehead atoms. The molecule has 0 radical (unpaired) electrons. The number of hydrogen-bond acceptors (Lipinski definition) is 5. The molecular weight excluding hydrogens is 318 g/mol. The molecule has 0 aliphatic carbocycles. The molecule has 0 aliphatic rings. The standard InChI is InChI=1S/C12H12BrNO3S/c1-15-9-5-4-7(8-6-18-12(13)14-8)10(16-2)11(9)17-3/h4-6H,1-3H3. The van der Waals surface area contributed by atoms with Gasteiger partial charge in [-0.2, -0.15) is 0 Å². The van der Waals surface area contributed by atoms with Gasteiger partial charge in [0.05, 0.1) is 27.0 Å². The molecule has 1 aromatic carbocycles. The number of thiazole rings is 1. The Hall–Kier alpha value is -1.27. The number of benzene rings is 1. The Morgan fingerprint density at radius 1 is 1.06 bits per heavy atom. The average Bonchev–Trinajstić information content (AvgIpc) is 2.83. The normalized spacial score (nSPS) is 10.2. The molecule has 0 amide bonds. The number of ether oxygens (including phenoxy) is 3. The van der Waals surface area contributed by atoms with Gasteiger partial charge in [0, 0.05) is 10.9 Å². The van der Waals surface area contributed by atoms with E-state index in [0.717, 1.165) is 15.2 Å². The lowest BCUT2D eigenvalue weighted by atomic mass is 10.1. The molecule has 0 saturated carbocycles. The molecule has 18 heavy (non-hydrogen) atoms. The fraction of sp³-hybridized carbons (Fsp3) is 0.250. The minimum Gasteiger partial charge on any atom is -0.493 e. The average molecular weight is 330 g/mol. The second-order valence-electron chi connectivity index (χ2n) is 3.37. The smallest absolute Gasteiger partial charge is 0.203 e. The Labute approximate surface area is 118 Å². The fourth-order valence-corrected chi connectivity index (χ4v) is 2.69. The lowest BCUT2D eigenvalue weighted by Crippen LogP contribution is -1.96. The van der Waals surface area contributed by atoms with Gasteiger partial charge < -0.3 is 14.2 Å². The largest absolute Gasteiger partial charge is 0.493 e. The van der Waals surface area contributed by atoms with Crippen LogP contribution in [0.15, 0.2) is 21.4 Å². The molecule has 6 heteroatoms. The molecular formula is C12H12BrNO3S. The summed E-state index contributed by atoms with van der Waals surface area (Å²) < 4.78 is 16.8. The van der Waals surface area contributed by atoms with E-state index in [1.807, 2.05) is 17.5 Å². The molecule has 2 rings (SSSR count). The van der Waals surface area contributed by atoms with E-state index in [9.17, 15) is 0 Å². The summed E-state index contributed by atoms with van der Waals surface area (Å²) >= 11 is 4.87. The summed E-state index contributed by atoms with van der Waals surface area (Å²) in [7, 11) is 4.78. The van der Waals surface area contributed by atoms with Crippen molar-refractivity contribution in [3.63, 3.8) is 0 Å². The Morgan fingerprint density at radius 3 is 2.28 bits per heavy atom. The van der Waals surface area contributed by atoms with E-state index < -0.39 is 0 Å². The quantitative estimate of drug-likeness (QED) is 0.859. The number of aromatic nitrogens is 1. The molecule has 0 saturated heterocycles. The van der Waals surface area contributed by atoms with E-state index >= 15 is 0 Å². The summed E-state index contributed by atoms with van der Waals surface area (Å²) in [6.07, 6.45) is 0. The third-order valence-corrected chi connectivity index (χ3v) is 3.82. The summed E-state index contributed by atoms with van der Waals surface area (Å²) in [5, 5.41) is 1.95. The second-order valence-corrected chi connectivity index (χ2v) is 5.50. The van der Waals surface area contributed by atoms with Gasteiger partial charge in [0.2, 0.25) is 5.75 Å². The monoisotopic (exact) mass is 329 g/mol. The Bertz CT molecular complexity index is 556. The highest BCUT2D eigenvalue weighted by molar-refractivity contribution is 9.11. The highest BCUT2D eigenvalue weighted by atomic mass is 79.9. The van der Waals surface area contributed by atoms with Crippen LogP contribution in [0.3, 0.4) is 0 Å². The zero-order chi connectivity index (χ0) is 13.1. The van der Waals surface area contributed by atoms with Gasteiger partial charge >= 0.3 is 0 Å². The lowest BCUT2D eigenvalue weighted by Gasteiger charge is -2.14. The van der Waals surface area contributed by atoms with Gasteiger partial charge in [-0.3, -0.25) is 0 Å². The maximum Gasteiger partial charge on any atom is 0.203 e. The summed E-state index contributed by atoms with van der Waals surface area (Å²) in [5.41, 5.74) is 1.71. The number of halogens is 1. The predicted molar refractivity (Wildman–Crippen MR) is 74.9 cm³/mol. The molecule has 0 unspecified atom stereocenters. The van der Waals surface area contributed by atoms with E-state index in [4.69, 9.17) is 14.2 Å². The SMILES string of the molecule is COc1ccc(-c2csc(Br)n2)c(OC)c1OC. The first kappa shape index (κ1) is 13.2. The minimum absolute atomic E-state index is 0.571. The van der Waals surface area contributed by atoms with Crippen LogP contribution in [0.5, 0.6) is 17.2 Å². The van der Waals surface area contributed by atoms with Crippen molar-refractivity contribution in [3.05, 3.63) is 21.4 Å². The molecule has 0 atom stereocenters. The predicted octanol–water partition coefficient (Wildman–Crippen LogP) is 3.60. The number of hydrogen-bond donors (Lipinski definition) is 0. The van der Waals surface area contributed by atoms with Gasteiger partial charge in [-0.05, 0) is 28.1 Å². The van der Waals surface area contributed by atoms with Crippen molar-refractivity contribution >= 4 is 27.3 Å². The van der Waals surface area contributed by atoms with Crippen molar-refractivity contribution in [1.29, 1.82) is 0 Å². The highest BCUT2D eigenvalue weighted by Crippen LogP contribution is 2.44. The van der Waals surface area contributed by atoms with Gasteiger partial charge in [0.1, 0.15) is 0 Å². The van der Waals surface area contributed by atoms with Crippen LogP contribution in [0.25, 0.3) is 11.3 Å². The summed E-state index contributed by atoms with van der Waals surface area (Å²) in [6, 6.07) is 3.74. The van der Waals surface area contributed by atoms with Crippen molar-refractivity contribution < 1.29 is 14.2 Å². The van der Waals surface area contributed by atoms with Crippen LogP contribution in [0.1, 0.15) is 0 Å². The van der Waals surface area contributed by atoms with E-state index in [1.165, 1.54) is 11.3 Å². The molecule has 0 N–H and O–H groups in total. The second kappa shape index (κ2) is 5.58. The lowest BCUT2D eigenvalue weighted by molar-refractivity contribution is 0.325. The zero-order valence-corrected chi connectivity index (χ0v) is 12.6. The summed E-state index contributed by atoms with van der Waals surface area (Å²) in [4.78, 5) is 4.38. The number of rotatable bonds is 4. The number of methoxy groups -OCH3 is 3. The minimum atomic E-state index is 0.571. The van der Waals surface area contributed by atoms with Gasteiger partial charge in [-0.15, -0.1) is 11.3 Å². The van der Waals surface area contributed by atoms with Crippen LogP contribution in [-0.2, 0) is 0 Å². The van der Waals surface area contributed by atoms with Gasteiger partial charge in [-0.25, -0.2) is 4.98 Å². The number of nitrogens with zero attached hydrogens (tertiary/aromatic N) is 1. The van der Waals surface area contributed by atoms with E-state index in [-0.39, 0.29) is 0 Å². The molecule has 1 aromatic heterocycles. The molecule has 4 nitrogen and oxygen atoms in total. The Morgan fingerprint density at radius 2 is 1.78 bits per heavy atom. The van der Waals surface area contributed by atoms with Crippen LogP contribution < -0.4 is 14.2 Å². The molecule has 1 heterocycles. The third kappa shape index (κ3) is 2.30. The summed E-state index contributed by atoms with van der Waals surface area (Å²) in [5.74, 6) is 1.82. The van der Waals surface area contributed by atoms with Crippen LogP contribution in [0.4, 0.5) is 0 Å². The van der Waals surface area contributed by atoms with Crippen molar-refractivity contribution in [2.45, 2.75) is 0 Å². The maximum absolute atomic E-state index is 5.42. The van der Waals surface area contributed by atoms with Crippen molar-refractivity contribution in [3.8, 4) is 28.5 Å². The van der Waals surface area contributed by atoms with Crippen LogP contribution in [0.2, 0.25) is 0 Å². The van der Waals surface area contributed by atoms with Crippen molar-refractivity contribution in [1.82, 2.24) is 4.98 Å². The molecule has 0 fully saturated rings. The van der Waals surface area contributed by atoms with Gasteiger partial charge in [-0.1, -0.05) is 0 Å². The third-order valence-electron chi connectivity index (χ3n) is 2.46. The van der Waals surface area contributed by atoms with Crippen LogP contribution in [-0.4, -0.2) is 26.3 Å². The molecule has 0 aliphatic heterocycles. The fourth-order valence-electron chi connectivity index (χ4n) is 1.68. The highest BCUT2D eigenvalue weighted by Gasteiger charge is 2.18. The van der Waals surface area contributed by atoms with E-state index in [2.05, 4.69) is 20.9 Å². The Kier molecular flexibility index (Phi) is 4.08. The first-order chi connectivity index (χ1) is 8.71. The molecule has 2 aromatic rings. The van der Waals surface area contributed by atoms with E-state index in [1.54, 1.807) is 21.3 Å². The molecule has 0 spiro atoms.